The lowest BCUT2D eigenvalue weighted by Crippen LogP contribution is -2.48. The zero-order valence-electron chi connectivity index (χ0n) is 9.57. The summed E-state index contributed by atoms with van der Waals surface area (Å²) in [6.07, 6.45) is 5.32. The molecule has 0 aromatic heterocycles. The van der Waals surface area contributed by atoms with Crippen LogP contribution in [0.15, 0.2) is 0 Å². The Kier molecular flexibility index (Phi) is 3.31. The first kappa shape index (κ1) is 11.2. The van der Waals surface area contributed by atoms with Crippen molar-refractivity contribution < 1.29 is 14.3 Å². The van der Waals surface area contributed by atoms with E-state index in [-0.39, 0.29) is 18.6 Å². The SMILES string of the molecule is CN1C(=O)OCC1C(=O)NC1CCCCC1. The second kappa shape index (κ2) is 4.72. The summed E-state index contributed by atoms with van der Waals surface area (Å²) in [6.45, 7) is 0.174. The molecule has 5 heteroatoms. The minimum absolute atomic E-state index is 0.0831. The third kappa shape index (κ3) is 2.28. The highest BCUT2D eigenvalue weighted by Gasteiger charge is 2.35. The third-order valence-corrected chi connectivity index (χ3v) is 3.37. The van der Waals surface area contributed by atoms with Gasteiger partial charge in [-0.3, -0.25) is 9.69 Å². The third-order valence-electron chi connectivity index (χ3n) is 3.37. The normalized spacial score (nSPS) is 26.7. The van der Waals surface area contributed by atoms with Gasteiger partial charge < -0.3 is 10.1 Å². The molecule has 1 N–H and O–H groups in total. The van der Waals surface area contributed by atoms with Crippen LogP contribution in [0, 0.1) is 0 Å². The smallest absolute Gasteiger partial charge is 0.410 e. The monoisotopic (exact) mass is 226 g/mol. The quantitative estimate of drug-likeness (QED) is 0.760. The van der Waals surface area contributed by atoms with Crippen molar-refractivity contribution in [1.29, 1.82) is 0 Å². The van der Waals surface area contributed by atoms with Gasteiger partial charge in [-0.1, -0.05) is 19.3 Å². The molecule has 0 bridgehead atoms. The first-order valence-corrected chi connectivity index (χ1v) is 5.88. The van der Waals surface area contributed by atoms with Crippen LogP contribution >= 0.6 is 0 Å². The Bertz CT molecular complexity index is 287. The van der Waals surface area contributed by atoms with Crippen LogP contribution in [-0.4, -0.2) is 42.6 Å². The first-order valence-electron chi connectivity index (χ1n) is 5.88. The molecule has 0 spiro atoms. The number of hydrogen-bond acceptors (Lipinski definition) is 3. The van der Waals surface area contributed by atoms with Crippen molar-refractivity contribution in [1.82, 2.24) is 10.2 Å². The van der Waals surface area contributed by atoms with E-state index in [1.165, 1.54) is 24.2 Å². The number of carbonyl (C=O) groups is 2. The lowest BCUT2D eigenvalue weighted by molar-refractivity contribution is -0.125. The van der Waals surface area contributed by atoms with Crippen molar-refractivity contribution in [3.63, 3.8) is 0 Å². The molecule has 5 nitrogen and oxygen atoms in total. The summed E-state index contributed by atoms with van der Waals surface area (Å²) in [5, 5.41) is 3.00. The summed E-state index contributed by atoms with van der Waals surface area (Å²) in [5.41, 5.74) is 0. The number of cyclic esters (lactones) is 1. The summed E-state index contributed by atoms with van der Waals surface area (Å²) in [7, 11) is 1.60. The van der Waals surface area contributed by atoms with Crippen molar-refractivity contribution in [2.24, 2.45) is 0 Å². The van der Waals surface area contributed by atoms with E-state index in [0.29, 0.717) is 0 Å². The van der Waals surface area contributed by atoms with Crippen LogP contribution < -0.4 is 5.32 Å². The molecule has 1 aliphatic carbocycles. The van der Waals surface area contributed by atoms with Crippen molar-refractivity contribution in [3.8, 4) is 0 Å². The lowest BCUT2D eigenvalue weighted by atomic mass is 9.95. The van der Waals surface area contributed by atoms with E-state index in [1.54, 1.807) is 7.05 Å². The predicted octanol–water partition coefficient (Wildman–Crippen LogP) is 0.886. The molecule has 2 fully saturated rings. The maximum absolute atomic E-state index is 11.9. The lowest BCUT2D eigenvalue weighted by Gasteiger charge is -2.25. The maximum Gasteiger partial charge on any atom is 0.410 e. The van der Waals surface area contributed by atoms with Gasteiger partial charge in [0.05, 0.1) is 0 Å². The molecule has 2 rings (SSSR count). The molecule has 0 aromatic rings. The molecule has 2 amide bonds. The van der Waals surface area contributed by atoms with Gasteiger partial charge in [-0.2, -0.15) is 0 Å². The van der Waals surface area contributed by atoms with Gasteiger partial charge in [0.1, 0.15) is 12.6 Å². The van der Waals surface area contributed by atoms with Gasteiger partial charge in [0.2, 0.25) is 5.91 Å². The second-order valence-electron chi connectivity index (χ2n) is 4.55. The average molecular weight is 226 g/mol. The fourth-order valence-electron chi connectivity index (χ4n) is 2.29. The van der Waals surface area contributed by atoms with Crippen molar-refractivity contribution in [3.05, 3.63) is 0 Å². The summed E-state index contributed by atoms with van der Waals surface area (Å²) in [5.74, 6) is -0.0831. The van der Waals surface area contributed by atoms with Gasteiger partial charge in [-0.25, -0.2) is 4.79 Å². The van der Waals surface area contributed by atoms with Crippen LogP contribution in [-0.2, 0) is 9.53 Å². The Balaban J connectivity index is 1.85. The molecule has 0 aromatic carbocycles. The van der Waals surface area contributed by atoms with E-state index in [2.05, 4.69) is 5.32 Å². The van der Waals surface area contributed by atoms with Crippen LogP contribution in [0.4, 0.5) is 4.79 Å². The largest absolute Gasteiger partial charge is 0.447 e. The van der Waals surface area contributed by atoms with Crippen LogP contribution in [0.3, 0.4) is 0 Å². The molecule has 1 heterocycles. The Hall–Kier alpha value is -1.26. The highest BCUT2D eigenvalue weighted by atomic mass is 16.6. The highest BCUT2D eigenvalue weighted by Crippen LogP contribution is 2.18. The fourth-order valence-corrected chi connectivity index (χ4v) is 2.29. The van der Waals surface area contributed by atoms with Gasteiger partial charge in [-0.15, -0.1) is 0 Å². The van der Waals surface area contributed by atoms with Crippen LogP contribution in [0.1, 0.15) is 32.1 Å². The number of nitrogens with zero attached hydrogens (tertiary/aromatic N) is 1. The number of carbonyl (C=O) groups excluding carboxylic acids is 2. The van der Waals surface area contributed by atoms with Gasteiger partial charge in [-0.05, 0) is 12.8 Å². The Labute approximate surface area is 95.1 Å². The first-order chi connectivity index (χ1) is 7.68. The molecule has 2 aliphatic rings. The Morgan fingerprint density at radius 2 is 2.06 bits per heavy atom. The molecular weight excluding hydrogens is 208 g/mol. The molecule has 1 saturated heterocycles. The molecule has 1 atom stereocenters. The zero-order valence-corrected chi connectivity index (χ0v) is 9.57. The zero-order chi connectivity index (χ0) is 11.5. The van der Waals surface area contributed by atoms with Gasteiger partial charge in [0.15, 0.2) is 0 Å². The van der Waals surface area contributed by atoms with Crippen molar-refractivity contribution >= 4 is 12.0 Å². The van der Waals surface area contributed by atoms with E-state index in [1.807, 2.05) is 0 Å². The Morgan fingerprint density at radius 1 is 1.38 bits per heavy atom. The second-order valence-corrected chi connectivity index (χ2v) is 4.55. The number of ether oxygens (including phenoxy) is 1. The van der Waals surface area contributed by atoms with Crippen LogP contribution in [0.2, 0.25) is 0 Å². The number of amides is 2. The summed E-state index contributed by atoms with van der Waals surface area (Å²) in [6, 6.07) is -0.167. The van der Waals surface area contributed by atoms with E-state index in [4.69, 9.17) is 4.74 Å². The number of rotatable bonds is 2. The predicted molar refractivity (Wildman–Crippen MR) is 57.9 cm³/mol. The number of hydrogen-bond donors (Lipinski definition) is 1. The van der Waals surface area contributed by atoms with Gasteiger partial charge >= 0.3 is 6.09 Å². The van der Waals surface area contributed by atoms with E-state index < -0.39 is 12.1 Å². The molecule has 1 saturated carbocycles. The van der Waals surface area contributed by atoms with Crippen molar-refractivity contribution in [2.75, 3.05) is 13.7 Å². The summed E-state index contributed by atoms with van der Waals surface area (Å²) < 4.78 is 4.81. The van der Waals surface area contributed by atoms with E-state index in [9.17, 15) is 9.59 Å². The van der Waals surface area contributed by atoms with Crippen molar-refractivity contribution in [2.45, 2.75) is 44.2 Å². The van der Waals surface area contributed by atoms with Gasteiger partial charge in [0.25, 0.3) is 0 Å². The van der Waals surface area contributed by atoms with Crippen LogP contribution in [0.25, 0.3) is 0 Å². The maximum atomic E-state index is 11.9. The summed E-state index contributed by atoms with van der Waals surface area (Å²) in [4.78, 5) is 24.3. The topological polar surface area (TPSA) is 58.6 Å². The molecule has 1 aliphatic heterocycles. The molecule has 90 valence electrons. The fraction of sp³-hybridized carbons (Fsp3) is 0.818. The van der Waals surface area contributed by atoms with Gasteiger partial charge in [0, 0.05) is 13.1 Å². The molecule has 0 radical (unpaired) electrons. The Morgan fingerprint density at radius 3 is 2.62 bits per heavy atom. The minimum Gasteiger partial charge on any atom is -0.447 e. The number of likely N-dealkylation sites (N-methyl/N-ethyl adjacent to an activating group) is 1. The molecular formula is C11H18N2O3. The minimum atomic E-state index is -0.450. The molecule has 1 unspecified atom stereocenters. The standard InChI is InChI=1S/C11H18N2O3/c1-13-9(7-16-11(13)15)10(14)12-8-5-3-2-4-6-8/h8-9H,2-7H2,1H3,(H,12,14). The van der Waals surface area contributed by atoms with E-state index >= 15 is 0 Å². The average Bonchev–Trinajstić information content (AvgIpc) is 2.61. The number of nitrogens with one attached hydrogen (secondary N) is 1. The van der Waals surface area contributed by atoms with E-state index in [0.717, 1.165) is 12.8 Å². The highest BCUT2D eigenvalue weighted by molar-refractivity contribution is 5.87. The van der Waals surface area contributed by atoms with Crippen LogP contribution in [0.5, 0.6) is 0 Å². The molecule has 16 heavy (non-hydrogen) atoms. The summed E-state index contributed by atoms with van der Waals surface area (Å²) >= 11 is 0.